The summed E-state index contributed by atoms with van der Waals surface area (Å²) in [7, 11) is 0. The van der Waals surface area contributed by atoms with Crippen molar-refractivity contribution in [3.8, 4) is 67.0 Å². The first kappa shape index (κ1) is 28.9. The fourth-order valence-electron chi connectivity index (χ4n) is 6.37. The lowest BCUT2D eigenvalue weighted by Crippen LogP contribution is -2.00. The smallest absolute Gasteiger partial charge is 0.164 e. The third-order valence-corrected chi connectivity index (χ3v) is 9.81. The zero-order chi connectivity index (χ0) is 32.6. The van der Waals surface area contributed by atoms with Crippen LogP contribution in [0.4, 0.5) is 0 Å². The molecular formula is C44H28N4S. The Labute approximate surface area is 288 Å². The quantitative estimate of drug-likeness (QED) is 0.181. The minimum absolute atomic E-state index is 0.617. The maximum Gasteiger partial charge on any atom is 0.164 e. The molecular weight excluding hydrogens is 617 g/mol. The zero-order valence-electron chi connectivity index (χ0n) is 26.4. The molecule has 49 heavy (non-hydrogen) atoms. The largest absolute Gasteiger partial charge is 0.235 e. The van der Waals surface area contributed by atoms with Crippen LogP contribution in [0.15, 0.2) is 170 Å². The van der Waals surface area contributed by atoms with Gasteiger partial charge < -0.3 is 0 Å². The summed E-state index contributed by atoms with van der Waals surface area (Å²) in [6.45, 7) is 0. The number of benzene rings is 7. The summed E-state index contributed by atoms with van der Waals surface area (Å²) in [6, 6.07) is 58.8. The van der Waals surface area contributed by atoms with Crippen LogP contribution in [0.3, 0.4) is 0 Å². The molecule has 0 N–H and O–H groups in total. The number of aromatic nitrogens is 4. The van der Waals surface area contributed by atoms with Crippen LogP contribution in [0.5, 0.6) is 0 Å². The van der Waals surface area contributed by atoms with Crippen molar-refractivity contribution in [2.45, 2.75) is 0 Å². The van der Waals surface area contributed by atoms with E-state index in [4.69, 9.17) is 19.9 Å². The molecule has 7 aromatic carbocycles. The number of para-hydroxylation sites is 1. The van der Waals surface area contributed by atoms with Crippen molar-refractivity contribution in [2.75, 3.05) is 0 Å². The molecule has 0 radical (unpaired) electrons. The van der Waals surface area contributed by atoms with E-state index in [9.17, 15) is 0 Å². The van der Waals surface area contributed by atoms with E-state index in [1.807, 2.05) is 66.7 Å². The van der Waals surface area contributed by atoms with Gasteiger partial charge in [-0.2, -0.15) is 0 Å². The van der Waals surface area contributed by atoms with E-state index in [2.05, 4.69) is 103 Å². The second kappa shape index (κ2) is 12.4. The average molecular weight is 645 g/mol. The Morgan fingerprint density at radius 2 is 0.837 bits per heavy atom. The van der Waals surface area contributed by atoms with Crippen LogP contribution in [0.25, 0.3) is 88.0 Å². The van der Waals surface area contributed by atoms with E-state index in [-0.39, 0.29) is 0 Å². The topological polar surface area (TPSA) is 51.6 Å². The van der Waals surface area contributed by atoms with Gasteiger partial charge in [-0.05, 0) is 51.7 Å². The predicted octanol–water partition coefficient (Wildman–Crippen LogP) is 11.6. The van der Waals surface area contributed by atoms with Crippen LogP contribution in [-0.2, 0) is 0 Å². The van der Waals surface area contributed by atoms with E-state index in [1.165, 1.54) is 10.8 Å². The monoisotopic (exact) mass is 644 g/mol. The standard InChI is InChI=1S/C44H28N4S/c1-4-15-30(16-5-1)41-46-42(31-17-6-2-7-18-31)48-43(47-41)35-27-33(37-23-12-21-29-14-10-11-22-36(29)37)26-34(28-35)38-24-13-25-39-40(38)45-44(49-39)32-19-8-3-9-20-32/h1-28H. The number of fused-ring (bicyclic) bond motifs is 2. The molecule has 0 spiro atoms. The van der Waals surface area contributed by atoms with E-state index < -0.39 is 0 Å². The van der Waals surface area contributed by atoms with Crippen molar-refractivity contribution < 1.29 is 0 Å². The van der Waals surface area contributed by atoms with Gasteiger partial charge >= 0.3 is 0 Å². The highest BCUT2D eigenvalue weighted by Gasteiger charge is 2.17. The summed E-state index contributed by atoms with van der Waals surface area (Å²) in [6.07, 6.45) is 0. The molecule has 0 aliphatic heterocycles. The fraction of sp³-hybridized carbons (Fsp3) is 0. The van der Waals surface area contributed by atoms with Gasteiger partial charge in [-0.1, -0.05) is 146 Å². The number of hydrogen-bond acceptors (Lipinski definition) is 5. The Balaban J connectivity index is 1.30. The predicted molar refractivity (Wildman–Crippen MR) is 203 cm³/mol. The lowest BCUT2D eigenvalue weighted by molar-refractivity contribution is 1.07. The zero-order valence-corrected chi connectivity index (χ0v) is 27.2. The van der Waals surface area contributed by atoms with Crippen LogP contribution in [0, 0.1) is 0 Å². The fourth-order valence-corrected chi connectivity index (χ4v) is 7.37. The molecule has 9 aromatic rings. The molecule has 0 unspecified atom stereocenters. The first-order valence-electron chi connectivity index (χ1n) is 16.2. The highest BCUT2D eigenvalue weighted by atomic mass is 32.1. The van der Waals surface area contributed by atoms with Crippen molar-refractivity contribution in [3.05, 3.63) is 170 Å². The second-order valence-electron chi connectivity index (χ2n) is 11.9. The van der Waals surface area contributed by atoms with Crippen LogP contribution in [0.2, 0.25) is 0 Å². The molecule has 0 bridgehead atoms. The summed E-state index contributed by atoms with van der Waals surface area (Å²) >= 11 is 1.72. The Hall–Kier alpha value is -6.30. The summed E-state index contributed by atoms with van der Waals surface area (Å²) in [5.41, 5.74) is 9.25. The molecule has 2 heterocycles. The van der Waals surface area contributed by atoms with Gasteiger partial charge in [-0.25, -0.2) is 19.9 Å². The van der Waals surface area contributed by atoms with E-state index >= 15 is 0 Å². The van der Waals surface area contributed by atoms with Crippen LogP contribution >= 0.6 is 11.3 Å². The van der Waals surface area contributed by atoms with Crippen LogP contribution < -0.4 is 0 Å². The Morgan fingerprint density at radius 3 is 1.51 bits per heavy atom. The number of rotatable bonds is 6. The van der Waals surface area contributed by atoms with Crippen molar-refractivity contribution in [2.24, 2.45) is 0 Å². The Bertz CT molecular complexity index is 2530. The molecule has 0 aliphatic rings. The molecule has 0 saturated heterocycles. The van der Waals surface area contributed by atoms with Crippen LogP contribution in [-0.4, -0.2) is 19.9 Å². The number of nitrogens with zero attached hydrogens (tertiary/aromatic N) is 4. The molecule has 0 atom stereocenters. The van der Waals surface area contributed by atoms with Crippen molar-refractivity contribution in [1.82, 2.24) is 19.9 Å². The van der Waals surface area contributed by atoms with Crippen molar-refractivity contribution in [1.29, 1.82) is 0 Å². The van der Waals surface area contributed by atoms with Gasteiger partial charge in [-0.3, -0.25) is 0 Å². The van der Waals surface area contributed by atoms with E-state index in [0.29, 0.717) is 17.5 Å². The van der Waals surface area contributed by atoms with Gasteiger partial charge in [-0.15, -0.1) is 11.3 Å². The molecule has 9 rings (SSSR count). The van der Waals surface area contributed by atoms with E-state index in [0.717, 1.165) is 59.7 Å². The molecule has 5 heteroatoms. The summed E-state index contributed by atoms with van der Waals surface area (Å²) < 4.78 is 1.14. The van der Waals surface area contributed by atoms with Crippen molar-refractivity contribution >= 4 is 32.3 Å². The normalized spacial score (nSPS) is 11.3. The summed E-state index contributed by atoms with van der Waals surface area (Å²) in [5, 5.41) is 3.39. The first-order valence-corrected chi connectivity index (χ1v) is 17.0. The third-order valence-electron chi connectivity index (χ3n) is 8.74. The summed E-state index contributed by atoms with van der Waals surface area (Å²) in [4.78, 5) is 20.3. The number of thiazole rings is 1. The highest BCUT2D eigenvalue weighted by molar-refractivity contribution is 7.21. The molecule has 0 saturated carbocycles. The summed E-state index contributed by atoms with van der Waals surface area (Å²) in [5.74, 6) is 1.89. The van der Waals surface area contributed by atoms with Crippen molar-refractivity contribution in [3.63, 3.8) is 0 Å². The molecule has 230 valence electrons. The maximum absolute atomic E-state index is 5.20. The number of hydrogen-bond donors (Lipinski definition) is 0. The average Bonchev–Trinajstić information content (AvgIpc) is 3.63. The van der Waals surface area contributed by atoms with Gasteiger partial charge in [0, 0.05) is 27.8 Å². The van der Waals surface area contributed by atoms with Crippen LogP contribution in [0.1, 0.15) is 0 Å². The highest BCUT2D eigenvalue weighted by Crippen LogP contribution is 2.40. The lowest BCUT2D eigenvalue weighted by atomic mass is 9.92. The van der Waals surface area contributed by atoms with E-state index in [1.54, 1.807) is 11.3 Å². The van der Waals surface area contributed by atoms with Gasteiger partial charge in [0.1, 0.15) is 5.01 Å². The Morgan fingerprint density at radius 1 is 0.347 bits per heavy atom. The lowest BCUT2D eigenvalue weighted by Gasteiger charge is -2.14. The minimum atomic E-state index is 0.617. The molecule has 0 fully saturated rings. The second-order valence-corrected chi connectivity index (χ2v) is 12.9. The first-order chi connectivity index (χ1) is 24.3. The van der Waals surface area contributed by atoms with Gasteiger partial charge in [0.25, 0.3) is 0 Å². The SMILES string of the molecule is c1ccc(-c2nc(-c3ccccc3)nc(-c3cc(-c4cccc5ccccc45)cc(-c4cccc5sc(-c6ccccc6)nc45)c3)n2)cc1. The molecule has 0 aliphatic carbocycles. The minimum Gasteiger partial charge on any atom is -0.235 e. The molecule has 0 amide bonds. The van der Waals surface area contributed by atoms with Gasteiger partial charge in [0.15, 0.2) is 17.5 Å². The molecule has 4 nitrogen and oxygen atoms in total. The third kappa shape index (κ3) is 5.56. The van der Waals surface area contributed by atoms with Gasteiger partial charge in [0.05, 0.1) is 10.2 Å². The maximum atomic E-state index is 5.20. The molecule has 2 aromatic heterocycles. The Kier molecular flexibility index (Phi) is 7.30. The van der Waals surface area contributed by atoms with Gasteiger partial charge in [0.2, 0.25) is 0 Å².